The molecule has 2 unspecified atom stereocenters. The summed E-state index contributed by atoms with van der Waals surface area (Å²) in [5.41, 5.74) is -3.58. The molecule has 0 bridgehead atoms. The van der Waals surface area contributed by atoms with Crippen molar-refractivity contribution in [1.82, 2.24) is 0 Å². The van der Waals surface area contributed by atoms with Gasteiger partial charge in [0.1, 0.15) is 11.7 Å². The summed E-state index contributed by atoms with van der Waals surface area (Å²) in [5.74, 6) is -2.89. The third kappa shape index (κ3) is 1.61. The van der Waals surface area contributed by atoms with Crippen LogP contribution in [-0.4, -0.2) is 28.9 Å². The highest BCUT2D eigenvalue weighted by atomic mass is 79.9. The van der Waals surface area contributed by atoms with E-state index in [1.807, 2.05) is 0 Å². The fourth-order valence-electron chi connectivity index (χ4n) is 1.08. The zero-order valence-electron chi connectivity index (χ0n) is 6.91. The minimum absolute atomic E-state index is 0.117. The van der Waals surface area contributed by atoms with E-state index in [1.165, 1.54) is 0 Å². The molecule has 0 aliphatic heterocycles. The van der Waals surface area contributed by atoms with Gasteiger partial charge in [-0.15, -0.1) is 0 Å². The van der Waals surface area contributed by atoms with Crippen LogP contribution in [0.25, 0.3) is 0 Å². The molecule has 1 aliphatic carbocycles. The van der Waals surface area contributed by atoms with E-state index in [0.29, 0.717) is 6.08 Å². The van der Waals surface area contributed by atoms with Crippen LogP contribution in [0.2, 0.25) is 0 Å². The maximum atomic E-state index is 13.3. The van der Waals surface area contributed by atoms with Crippen LogP contribution in [0.4, 0.5) is 17.6 Å². The van der Waals surface area contributed by atoms with Gasteiger partial charge in [0.2, 0.25) is 5.67 Å². The Morgan fingerprint density at radius 1 is 1.50 bits per heavy atom. The van der Waals surface area contributed by atoms with E-state index >= 15 is 0 Å². The second-order valence-electron chi connectivity index (χ2n) is 2.88. The first kappa shape index (κ1) is 11.7. The Bertz CT molecular complexity index is 302. The fraction of sp³-hybridized carbons (Fsp3) is 0.500. The predicted molar refractivity (Wildman–Crippen MR) is 46.9 cm³/mol. The summed E-state index contributed by atoms with van der Waals surface area (Å²) in [6, 6.07) is 0. The normalized spacial score (nSPS) is 33.3. The lowest BCUT2D eigenvalue weighted by atomic mass is 9.91. The molecule has 0 saturated heterocycles. The predicted octanol–water partition coefficient (Wildman–Crippen LogP) is 2.51. The van der Waals surface area contributed by atoms with Gasteiger partial charge in [-0.1, -0.05) is 15.9 Å². The zero-order valence-corrected chi connectivity index (χ0v) is 8.49. The summed E-state index contributed by atoms with van der Waals surface area (Å²) in [6.45, 7) is -1.43. The molecule has 0 aromatic rings. The number of hydrogen-bond acceptors (Lipinski definition) is 1. The molecule has 1 aliphatic rings. The van der Waals surface area contributed by atoms with E-state index < -0.39 is 30.1 Å². The van der Waals surface area contributed by atoms with Gasteiger partial charge in [0.05, 0.1) is 6.61 Å². The standard InChI is InChI=1S/C8H7BrF4O/c9-2-4-1-5(10)8(13,3-14)7(12)6(4)11/h1,7,14H,2-3H2. The first-order valence-electron chi connectivity index (χ1n) is 3.73. The second-order valence-corrected chi connectivity index (χ2v) is 3.44. The number of allylic oxidation sites excluding steroid dienone is 3. The Morgan fingerprint density at radius 2 is 2.07 bits per heavy atom. The van der Waals surface area contributed by atoms with Crippen molar-refractivity contribution >= 4 is 15.9 Å². The summed E-state index contributed by atoms with van der Waals surface area (Å²) in [4.78, 5) is 0. The summed E-state index contributed by atoms with van der Waals surface area (Å²) < 4.78 is 52.3. The van der Waals surface area contributed by atoms with E-state index in [9.17, 15) is 17.6 Å². The second kappa shape index (κ2) is 4.02. The van der Waals surface area contributed by atoms with Crippen molar-refractivity contribution in [3.63, 3.8) is 0 Å². The van der Waals surface area contributed by atoms with E-state index in [2.05, 4.69) is 15.9 Å². The van der Waals surface area contributed by atoms with Crippen LogP contribution < -0.4 is 0 Å². The summed E-state index contributed by atoms with van der Waals surface area (Å²) >= 11 is 2.81. The number of rotatable bonds is 2. The third-order valence-electron chi connectivity index (χ3n) is 2.00. The van der Waals surface area contributed by atoms with Crippen molar-refractivity contribution in [2.75, 3.05) is 11.9 Å². The number of hydrogen-bond donors (Lipinski definition) is 1. The van der Waals surface area contributed by atoms with Crippen molar-refractivity contribution in [2.45, 2.75) is 11.8 Å². The Morgan fingerprint density at radius 3 is 2.50 bits per heavy atom. The van der Waals surface area contributed by atoms with Gasteiger partial charge in [-0.3, -0.25) is 0 Å². The summed E-state index contributed by atoms with van der Waals surface area (Å²) in [5, 5.41) is 8.35. The summed E-state index contributed by atoms with van der Waals surface area (Å²) in [7, 11) is 0. The van der Waals surface area contributed by atoms with Gasteiger partial charge >= 0.3 is 0 Å². The SMILES string of the molecule is OCC1(F)C(F)=CC(CBr)=C(F)C1F. The minimum Gasteiger partial charge on any atom is -0.392 e. The zero-order chi connectivity index (χ0) is 10.9. The average molecular weight is 275 g/mol. The van der Waals surface area contributed by atoms with Crippen molar-refractivity contribution in [2.24, 2.45) is 0 Å². The van der Waals surface area contributed by atoms with Gasteiger partial charge in [-0.25, -0.2) is 17.6 Å². The number of halogens is 5. The molecule has 1 N–H and O–H groups in total. The summed E-state index contributed by atoms with van der Waals surface area (Å²) in [6.07, 6.45) is -2.24. The minimum atomic E-state index is -3.28. The molecule has 14 heavy (non-hydrogen) atoms. The van der Waals surface area contributed by atoms with Gasteiger partial charge in [-0.05, 0) is 6.08 Å². The molecule has 0 aromatic heterocycles. The number of alkyl halides is 3. The smallest absolute Gasteiger partial charge is 0.221 e. The number of aliphatic hydroxyl groups excluding tert-OH is 1. The van der Waals surface area contributed by atoms with E-state index in [-0.39, 0.29) is 10.9 Å². The first-order chi connectivity index (χ1) is 6.47. The highest BCUT2D eigenvalue weighted by molar-refractivity contribution is 9.09. The van der Waals surface area contributed by atoms with Crippen LogP contribution in [0, 0.1) is 0 Å². The molecule has 2 atom stereocenters. The highest BCUT2D eigenvalue weighted by Crippen LogP contribution is 2.39. The lowest BCUT2D eigenvalue weighted by molar-refractivity contribution is 0.0133. The van der Waals surface area contributed by atoms with E-state index in [4.69, 9.17) is 5.11 Å². The molecule has 0 heterocycles. The molecule has 0 aromatic carbocycles. The van der Waals surface area contributed by atoms with Gasteiger partial charge in [0.25, 0.3) is 0 Å². The topological polar surface area (TPSA) is 20.2 Å². The van der Waals surface area contributed by atoms with Crippen LogP contribution in [0.5, 0.6) is 0 Å². The molecular weight excluding hydrogens is 268 g/mol. The Hall–Kier alpha value is -0.360. The lowest BCUT2D eigenvalue weighted by Gasteiger charge is -2.28. The van der Waals surface area contributed by atoms with E-state index in [1.54, 1.807) is 0 Å². The Labute approximate surface area is 86.2 Å². The lowest BCUT2D eigenvalue weighted by Crippen LogP contribution is -2.42. The molecular formula is C8H7BrF4O. The monoisotopic (exact) mass is 274 g/mol. The van der Waals surface area contributed by atoms with Crippen molar-refractivity contribution in [1.29, 1.82) is 0 Å². The molecule has 0 fully saturated rings. The van der Waals surface area contributed by atoms with Crippen LogP contribution >= 0.6 is 15.9 Å². The largest absolute Gasteiger partial charge is 0.392 e. The van der Waals surface area contributed by atoms with Crippen LogP contribution in [0.3, 0.4) is 0 Å². The quantitative estimate of drug-likeness (QED) is 0.606. The molecule has 0 spiro atoms. The van der Waals surface area contributed by atoms with Crippen LogP contribution in [0.15, 0.2) is 23.3 Å². The van der Waals surface area contributed by atoms with Crippen molar-refractivity contribution in [3.05, 3.63) is 23.3 Å². The van der Waals surface area contributed by atoms with Gasteiger partial charge in [0, 0.05) is 10.9 Å². The van der Waals surface area contributed by atoms with Gasteiger partial charge in [0.15, 0.2) is 6.17 Å². The Balaban J connectivity index is 3.16. The number of aliphatic hydroxyl groups is 1. The molecule has 1 nitrogen and oxygen atoms in total. The molecule has 6 heteroatoms. The van der Waals surface area contributed by atoms with E-state index in [0.717, 1.165) is 0 Å². The Kier molecular flexibility index (Phi) is 3.36. The van der Waals surface area contributed by atoms with Crippen molar-refractivity contribution < 1.29 is 22.7 Å². The van der Waals surface area contributed by atoms with Gasteiger partial charge in [-0.2, -0.15) is 0 Å². The fourth-order valence-corrected chi connectivity index (χ4v) is 1.51. The van der Waals surface area contributed by atoms with Gasteiger partial charge < -0.3 is 5.11 Å². The van der Waals surface area contributed by atoms with Crippen molar-refractivity contribution in [3.8, 4) is 0 Å². The van der Waals surface area contributed by atoms with Crippen LogP contribution in [0.1, 0.15) is 0 Å². The average Bonchev–Trinajstić information content (AvgIpc) is 2.20. The molecule has 1 rings (SSSR count). The molecule has 80 valence electrons. The third-order valence-corrected chi connectivity index (χ3v) is 2.61. The molecule has 0 radical (unpaired) electrons. The highest BCUT2D eigenvalue weighted by Gasteiger charge is 2.49. The molecule has 0 saturated carbocycles. The first-order valence-corrected chi connectivity index (χ1v) is 4.85. The maximum absolute atomic E-state index is 13.3. The molecule has 0 amide bonds. The van der Waals surface area contributed by atoms with Crippen LogP contribution in [-0.2, 0) is 0 Å². The maximum Gasteiger partial charge on any atom is 0.221 e.